The van der Waals surface area contributed by atoms with Crippen LogP contribution < -0.4 is 15.1 Å². The molecule has 12 nitrogen and oxygen atoms in total. The Balaban J connectivity index is 1.33. The average Bonchev–Trinajstić information content (AvgIpc) is 3.35. The van der Waals surface area contributed by atoms with E-state index in [1.165, 1.54) is 0 Å². The van der Waals surface area contributed by atoms with Crippen LogP contribution in [0.2, 0.25) is 0 Å². The minimum absolute atomic E-state index is 0.0624. The van der Waals surface area contributed by atoms with E-state index in [1.54, 1.807) is 6.20 Å². The Morgan fingerprint density at radius 3 is 2.82 bits per heavy atom. The van der Waals surface area contributed by atoms with Crippen molar-refractivity contribution in [1.29, 1.82) is 0 Å². The van der Waals surface area contributed by atoms with Crippen molar-refractivity contribution in [1.82, 2.24) is 30.0 Å². The smallest absolute Gasteiger partial charge is 0.404 e. The summed E-state index contributed by atoms with van der Waals surface area (Å²) in [5, 5.41) is 26.5. The summed E-state index contributed by atoms with van der Waals surface area (Å²) in [5.74, 6) is 1.53. The monoisotopic (exact) mass is 522 g/mol. The summed E-state index contributed by atoms with van der Waals surface area (Å²) in [6.07, 6.45) is 8.60. The highest BCUT2D eigenvalue weighted by atomic mass is 16.5. The molecule has 6 rings (SSSR count). The van der Waals surface area contributed by atoms with E-state index in [9.17, 15) is 9.90 Å². The standard InChI is InChI=1S/C26H34N8O4/c35-17-26(16-29-25(36)37)8-12-32(13-9-26)20-15-28-22-23(30-20)34(21-7-1-2-14-38-21)31-24(22)33-11-4-5-18-19(33)6-3-10-27-18/h3,6,10,15,21,29,35H,1-2,4-5,7-9,11-14,16-17H2,(H,36,37). The van der Waals surface area contributed by atoms with E-state index in [0.29, 0.717) is 38.2 Å². The summed E-state index contributed by atoms with van der Waals surface area (Å²) in [5.41, 5.74) is 3.11. The van der Waals surface area contributed by atoms with E-state index in [-0.39, 0.29) is 19.4 Å². The third-order valence-electron chi connectivity index (χ3n) is 8.11. The second kappa shape index (κ2) is 10.3. The van der Waals surface area contributed by atoms with Gasteiger partial charge < -0.3 is 30.1 Å². The van der Waals surface area contributed by atoms with Crippen LogP contribution in [-0.2, 0) is 11.2 Å². The molecule has 2 saturated heterocycles. The number of aryl methyl sites for hydroxylation is 1. The first kappa shape index (κ1) is 24.8. The highest BCUT2D eigenvalue weighted by Crippen LogP contribution is 2.38. The number of anilines is 3. The summed E-state index contributed by atoms with van der Waals surface area (Å²) in [7, 11) is 0. The number of fused-ring (bicyclic) bond motifs is 2. The molecule has 202 valence electrons. The second-order valence-corrected chi connectivity index (χ2v) is 10.5. The van der Waals surface area contributed by atoms with Crippen LogP contribution in [0.5, 0.6) is 0 Å². The van der Waals surface area contributed by atoms with Crippen LogP contribution >= 0.6 is 0 Å². The van der Waals surface area contributed by atoms with Crippen LogP contribution in [0.25, 0.3) is 11.2 Å². The quantitative estimate of drug-likeness (QED) is 0.442. The van der Waals surface area contributed by atoms with Gasteiger partial charge in [-0.1, -0.05) is 0 Å². The fourth-order valence-corrected chi connectivity index (χ4v) is 5.81. The SMILES string of the molecule is O=C(O)NCC1(CO)CCN(c2cnc3c(N4CCCc5ncccc54)nn(C4CCCCO4)c3n2)CC1. The fraction of sp³-hybridized carbons (Fsp3) is 0.577. The summed E-state index contributed by atoms with van der Waals surface area (Å²) in [4.78, 5) is 29.9. The van der Waals surface area contributed by atoms with Crippen LogP contribution in [-0.4, -0.2) is 80.4 Å². The summed E-state index contributed by atoms with van der Waals surface area (Å²) >= 11 is 0. The van der Waals surface area contributed by atoms with Gasteiger partial charge in [0.05, 0.1) is 24.2 Å². The number of hydrogen-bond acceptors (Lipinski definition) is 9. The molecule has 1 amide bonds. The Morgan fingerprint density at radius 1 is 1.18 bits per heavy atom. The van der Waals surface area contributed by atoms with Gasteiger partial charge in [-0.2, -0.15) is 0 Å². The van der Waals surface area contributed by atoms with Gasteiger partial charge in [0, 0.05) is 44.4 Å². The Hall–Kier alpha value is -3.51. The van der Waals surface area contributed by atoms with E-state index in [2.05, 4.69) is 26.2 Å². The summed E-state index contributed by atoms with van der Waals surface area (Å²) in [6, 6.07) is 4.05. The molecule has 1 unspecified atom stereocenters. The highest BCUT2D eigenvalue weighted by molar-refractivity contribution is 5.88. The van der Waals surface area contributed by atoms with Gasteiger partial charge in [-0.3, -0.25) is 4.98 Å². The third-order valence-corrected chi connectivity index (χ3v) is 8.11. The molecule has 1 atom stereocenters. The van der Waals surface area contributed by atoms with Crippen molar-refractivity contribution in [2.45, 2.75) is 51.2 Å². The normalized spacial score (nSPS) is 21.3. The summed E-state index contributed by atoms with van der Waals surface area (Å²) in [6.45, 7) is 3.00. The van der Waals surface area contributed by atoms with E-state index in [4.69, 9.17) is 24.9 Å². The molecule has 3 N–H and O–H groups in total. The number of aliphatic hydroxyl groups excluding tert-OH is 1. The molecule has 3 aliphatic rings. The largest absolute Gasteiger partial charge is 0.465 e. The van der Waals surface area contributed by atoms with E-state index >= 15 is 0 Å². The Bertz CT molecular complexity index is 1300. The Morgan fingerprint density at radius 2 is 2.05 bits per heavy atom. The van der Waals surface area contributed by atoms with Crippen molar-refractivity contribution in [3.63, 3.8) is 0 Å². The van der Waals surface area contributed by atoms with Crippen molar-refractivity contribution in [2.24, 2.45) is 5.41 Å². The van der Waals surface area contributed by atoms with Crippen LogP contribution in [0.15, 0.2) is 24.5 Å². The average molecular weight is 523 g/mol. The lowest BCUT2D eigenvalue weighted by Gasteiger charge is -2.40. The zero-order chi connectivity index (χ0) is 26.1. The zero-order valence-electron chi connectivity index (χ0n) is 21.4. The van der Waals surface area contributed by atoms with Crippen LogP contribution in [0.1, 0.15) is 50.4 Å². The fourth-order valence-electron chi connectivity index (χ4n) is 5.81. The predicted molar refractivity (Wildman–Crippen MR) is 141 cm³/mol. The van der Waals surface area contributed by atoms with Crippen molar-refractivity contribution in [3.05, 3.63) is 30.2 Å². The van der Waals surface area contributed by atoms with Crippen LogP contribution in [0.4, 0.5) is 22.1 Å². The van der Waals surface area contributed by atoms with Crippen molar-refractivity contribution in [2.75, 3.05) is 49.2 Å². The molecule has 0 aliphatic carbocycles. The first-order valence-corrected chi connectivity index (χ1v) is 13.5. The van der Waals surface area contributed by atoms with E-state index in [1.807, 2.05) is 16.9 Å². The molecule has 3 aromatic rings. The number of ether oxygens (including phenoxy) is 1. The molecule has 0 spiro atoms. The predicted octanol–water partition coefficient (Wildman–Crippen LogP) is 2.85. The maximum absolute atomic E-state index is 11.0. The van der Waals surface area contributed by atoms with Crippen molar-refractivity contribution < 1.29 is 19.7 Å². The Kier molecular flexibility index (Phi) is 6.75. The number of aromatic nitrogens is 5. The third kappa shape index (κ3) is 4.62. The number of pyridine rings is 1. The first-order chi connectivity index (χ1) is 18.6. The molecule has 3 aromatic heterocycles. The number of rotatable bonds is 6. The molecule has 12 heteroatoms. The number of hydrogen-bond donors (Lipinski definition) is 3. The van der Waals surface area contributed by atoms with E-state index < -0.39 is 11.5 Å². The zero-order valence-corrected chi connectivity index (χ0v) is 21.4. The van der Waals surface area contributed by atoms with E-state index in [0.717, 1.165) is 67.2 Å². The molecular weight excluding hydrogens is 488 g/mol. The lowest BCUT2D eigenvalue weighted by molar-refractivity contribution is -0.0368. The molecule has 2 fully saturated rings. The topological polar surface area (TPSA) is 142 Å². The number of nitrogens with zero attached hydrogens (tertiary/aromatic N) is 7. The minimum atomic E-state index is -1.07. The van der Waals surface area contributed by atoms with Crippen LogP contribution in [0.3, 0.4) is 0 Å². The van der Waals surface area contributed by atoms with Gasteiger partial charge >= 0.3 is 6.09 Å². The molecule has 0 saturated carbocycles. The minimum Gasteiger partial charge on any atom is -0.465 e. The molecule has 3 aliphatic heterocycles. The van der Waals surface area contributed by atoms with Gasteiger partial charge in [-0.05, 0) is 57.1 Å². The van der Waals surface area contributed by atoms with Gasteiger partial charge in [0.2, 0.25) is 0 Å². The van der Waals surface area contributed by atoms with Crippen molar-refractivity contribution >= 4 is 34.6 Å². The molecule has 6 heterocycles. The maximum atomic E-state index is 11.0. The lowest BCUT2D eigenvalue weighted by atomic mass is 9.79. The van der Waals surface area contributed by atoms with Gasteiger partial charge in [0.1, 0.15) is 5.82 Å². The maximum Gasteiger partial charge on any atom is 0.404 e. The van der Waals surface area contributed by atoms with Crippen LogP contribution in [0, 0.1) is 5.41 Å². The Labute approximate surface area is 220 Å². The number of carboxylic acid groups (broad SMARTS) is 1. The molecule has 0 bridgehead atoms. The number of carbonyl (C=O) groups is 1. The number of amides is 1. The number of nitrogens with one attached hydrogen (secondary N) is 1. The summed E-state index contributed by atoms with van der Waals surface area (Å²) < 4.78 is 8.03. The lowest BCUT2D eigenvalue weighted by Crippen LogP contribution is -2.48. The molecule has 0 radical (unpaired) electrons. The number of piperidine rings is 1. The molecule has 0 aromatic carbocycles. The first-order valence-electron chi connectivity index (χ1n) is 13.5. The van der Waals surface area contributed by atoms with Gasteiger partial charge in [0.25, 0.3) is 0 Å². The van der Waals surface area contributed by atoms with Crippen molar-refractivity contribution in [3.8, 4) is 0 Å². The molecular formula is C26H34N8O4. The van der Waals surface area contributed by atoms with Gasteiger partial charge in [0.15, 0.2) is 23.2 Å². The highest BCUT2D eigenvalue weighted by Gasteiger charge is 2.36. The number of aliphatic hydroxyl groups is 1. The van der Waals surface area contributed by atoms with Gasteiger partial charge in [-0.15, -0.1) is 5.10 Å². The molecule has 38 heavy (non-hydrogen) atoms. The van der Waals surface area contributed by atoms with Gasteiger partial charge in [-0.25, -0.2) is 19.4 Å². The second-order valence-electron chi connectivity index (χ2n) is 10.5.